The lowest BCUT2D eigenvalue weighted by molar-refractivity contribution is -0.137. The first-order valence-electron chi connectivity index (χ1n) is 9.79. The van der Waals surface area contributed by atoms with E-state index in [-0.39, 0.29) is 5.69 Å². The van der Waals surface area contributed by atoms with E-state index in [9.17, 15) is 22.4 Å². The molecule has 0 fully saturated rings. The smallest absolute Gasteiger partial charge is 0.416 e. The molecule has 7 nitrogen and oxygen atoms in total. The highest BCUT2D eigenvalue weighted by Gasteiger charge is 2.31. The summed E-state index contributed by atoms with van der Waals surface area (Å²) in [6, 6.07) is 7.76. The van der Waals surface area contributed by atoms with Gasteiger partial charge in [0.05, 0.1) is 22.3 Å². The number of fused-ring (bicyclic) bond motifs is 2. The number of halogens is 4. The van der Waals surface area contributed by atoms with Gasteiger partial charge >= 0.3 is 12.2 Å². The Balaban J connectivity index is 1.39. The molecule has 1 aliphatic heterocycles. The van der Waals surface area contributed by atoms with Crippen LogP contribution in [0, 0.1) is 5.82 Å². The number of aromatic nitrogens is 3. The number of benzene rings is 2. The van der Waals surface area contributed by atoms with Gasteiger partial charge in [0.25, 0.3) is 0 Å². The van der Waals surface area contributed by atoms with E-state index in [1.165, 1.54) is 17.1 Å². The highest BCUT2D eigenvalue weighted by Crippen LogP contribution is 2.32. The quantitative estimate of drug-likeness (QED) is 0.420. The van der Waals surface area contributed by atoms with Gasteiger partial charge in [-0.2, -0.15) is 13.2 Å². The molecule has 33 heavy (non-hydrogen) atoms. The van der Waals surface area contributed by atoms with E-state index in [0.29, 0.717) is 47.8 Å². The zero-order chi connectivity index (χ0) is 23.2. The van der Waals surface area contributed by atoms with Crippen LogP contribution in [0.4, 0.5) is 28.0 Å². The summed E-state index contributed by atoms with van der Waals surface area (Å²) in [6.07, 6.45) is -1.85. The van der Waals surface area contributed by atoms with E-state index in [1.54, 1.807) is 24.3 Å². The number of carbonyl (C=O) groups excluding carboxylic acids is 1. The molecule has 0 spiro atoms. The molecule has 1 amide bonds. The Hall–Kier alpha value is -3.99. The van der Waals surface area contributed by atoms with E-state index >= 15 is 0 Å². The maximum atomic E-state index is 13.6. The predicted octanol–water partition coefficient (Wildman–Crippen LogP) is 5.06. The summed E-state index contributed by atoms with van der Waals surface area (Å²) in [5.74, 6) is -0.174. The molecule has 2 aromatic carbocycles. The largest absolute Gasteiger partial charge is 0.439 e. The van der Waals surface area contributed by atoms with Gasteiger partial charge in [0.15, 0.2) is 0 Å². The van der Waals surface area contributed by atoms with Gasteiger partial charge in [-0.15, -0.1) is 0 Å². The lowest BCUT2D eigenvalue weighted by Crippen LogP contribution is -2.19. The van der Waals surface area contributed by atoms with Crippen molar-refractivity contribution in [3.8, 4) is 11.6 Å². The minimum Gasteiger partial charge on any atom is -0.439 e. The van der Waals surface area contributed by atoms with Crippen LogP contribution < -0.4 is 15.4 Å². The van der Waals surface area contributed by atoms with Crippen LogP contribution in [0.5, 0.6) is 11.6 Å². The SMILES string of the molecule is O=C(Nc1cc(F)cc(C(F)(F)F)c1)n1ccc2cc(Oc3ncnc4c3CNC4)ccc21. The van der Waals surface area contributed by atoms with Gasteiger partial charge < -0.3 is 15.4 Å². The summed E-state index contributed by atoms with van der Waals surface area (Å²) >= 11 is 0. The number of nitrogens with one attached hydrogen (secondary N) is 2. The number of amides is 1. The number of nitrogens with zero attached hydrogens (tertiary/aromatic N) is 3. The third-order valence-electron chi connectivity index (χ3n) is 5.16. The maximum absolute atomic E-state index is 13.6. The minimum absolute atomic E-state index is 0.305. The number of alkyl halides is 3. The van der Waals surface area contributed by atoms with Crippen molar-refractivity contribution in [1.29, 1.82) is 0 Å². The molecular formula is C22H15F4N5O2. The molecule has 0 aliphatic carbocycles. The molecule has 0 saturated carbocycles. The Morgan fingerprint density at radius 1 is 1.09 bits per heavy atom. The number of ether oxygens (including phenoxy) is 1. The van der Waals surface area contributed by atoms with Crippen molar-refractivity contribution in [3.63, 3.8) is 0 Å². The third kappa shape index (κ3) is 4.10. The van der Waals surface area contributed by atoms with Gasteiger partial charge in [0, 0.05) is 30.4 Å². The predicted molar refractivity (Wildman–Crippen MR) is 110 cm³/mol. The van der Waals surface area contributed by atoms with Crippen LogP contribution in [0.1, 0.15) is 16.8 Å². The zero-order valence-corrected chi connectivity index (χ0v) is 16.8. The number of hydrogen-bond acceptors (Lipinski definition) is 5. The standard InChI is InChI=1S/C22H15F4N5O2/c23-14-6-13(22(24,25)26)7-15(8-14)30-21(32)31-4-3-12-5-16(1-2-19(12)31)33-20-17-9-27-10-18(17)28-11-29-20/h1-8,11,27H,9-10H2,(H,30,32). The molecule has 0 atom stereocenters. The van der Waals surface area contributed by atoms with Crippen LogP contribution >= 0.6 is 0 Å². The topological polar surface area (TPSA) is 81.1 Å². The van der Waals surface area contributed by atoms with Crippen molar-refractivity contribution in [1.82, 2.24) is 19.9 Å². The van der Waals surface area contributed by atoms with Crippen LogP contribution in [-0.2, 0) is 19.3 Å². The molecule has 3 heterocycles. The first kappa shape index (κ1) is 20.9. The molecular weight excluding hydrogens is 442 g/mol. The molecule has 0 bridgehead atoms. The molecule has 0 saturated heterocycles. The lowest BCUT2D eigenvalue weighted by Gasteiger charge is -2.12. The fourth-order valence-corrected chi connectivity index (χ4v) is 3.64. The molecule has 2 N–H and O–H groups in total. The van der Waals surface area contributed by atoms with Crippen molar-refractivity contribution in [2.75, 3.05) is 5.32 Å². The van der Waals surface area contributed by atoms with Crippen molar-refractivity contribution >= 4 is 22.6 Å². The fourth-order valence-electron chi connectivity index (χ4n) is 3.64. The van der Waals surface area contributed by atoms with Crippen LogP contribution in [0.2, 0.25) is 0 Å². The van der Waals surface area contributed by atoms with E-state index in [2.05, 4.69) is 20.6 Å². The second-order valence-corrected chi connectivity index (χ2v) is 7.37. The Kier molecular flexibility index (Phi) is 4.97. The van der Waals surface area contributed by atoms with Gasteiger partial charge in [0.1, 0.15) is 17.9 Å². The van der Waals surface area contributed by atoms with Crippen molar-refractivity contribution in [3.05, 3.63) is 77.6 Å². The summed E-state index contributed by atoms with van der Waals surface area (Å²) in [6.45, 7) is 1.24. The van der Waals surface area contributed by atoms with E-state index < -0.39 is 23.6 Å². The first-order valence-corrected chi connectivity index (χ1v) is 9.79. The molecule has 1 aliphatic rings. The molecule has 11 heteroatoms. The molecule has 5 rings (SSSR count). The van der Waals surface area contributed by atoms with E-state index in [0.717, 1.165) is 17.3 Å². The summed E-state index contributed by atoms with van der Waals surface area (Å²) in [5, 5.41) is 6.13. The molecule has 0 radical (unpaired) electrons. The van der Waals surface area contributed by atoms with E-state index in [1.807, 2.05) is 0 Å². The highest BCUT2D eigenvalue weighted by molar-refractivity contribution is 5.98. The Morgan fingerprint density at radius 3 is 2.76 bits per heavy atom. The van der Waals surface area contributed by atoms with Crippen molar-refractivity contribution in [2.45, 2.75) is 19.3 Å². The fraction of sp³-hybridized carbons (Fsp3) is 0.136. The van der Waals surface area contributed by atoms with Crippen molar-refractivity contribution < 1.29 is 27.1 Å². The van der Waals surface area contributed by atoms with Gasteiger partial charge in [0.2, 0.25) is 5.88 Å². The second kappa shape index (κ2) is 7.85. The number of carbonyl (C=O) groups is 1. The lowest BCUT2D eigenvalue weighted by atomic mass is 10.2. The Bertz CT molecular complexity index is 1380. The van der Waals surface area contributed by atoms with Crippen LogP contribution in [0.15, 0.2) is 55.0 Å². The minimum atomic E-state index is -4.74. The average molecular weight is 457 g/mol. The van der Waals surface area contributed by atoms with Gasteiger partial charge in [-0.1, -0.05) is 0 Å². The molecule has 0 unspecified atom stereocenters. The number of hydrogen-bond donors (Lipinski definition) is 2. The monoisotopic (exact) mass is 457 g/mol. The highest BCUT2D eigenvalue weighted by atomic mass is 19.4. The van der Waals surface area contributed by atoms with Gasteiger partial charge in [-0.3, -0.25) is 4.57 Å². The van der Waals surface area contributed by atoms with Gasteiger partial charge in [-0.25, -0.2) is 19.2 Å². The van der Waals surface area contributed by atoms with Crippen LogP contribution in [0.25, 0.3) is 10.9 Å². The summed E-state index contributed by atoms with van der Waals surface area (Å²) in [5.41, 5.74) is 0.739. The normalized spacial score (nSPS) is 13.2. The van der Waals surface area contributed by atoms with Gasteiger partial charge in [-0.05, 0) is 42.5 Å². The van der Waals surface area contributed by atoms with Crippen LogP contribution in [0.3, 0.4) is 0 Å². The van der Waals surface area contributed by atoms with E-state index in [4.69, 9.17) is 4.74 Å². The molecule has 4 aromatic rings. The zero-order valence-electron chi connectivity index (χ0n) is 16.8. The summed E-state index contributed by atoms with van der Waals surface area (Å²) < 4.78 is 59.5. The summed E-state index contributed by atoms with van der Waals surface area (Å²) in [4.78, 5) is 21.0. The third-order valence-corrected chi connectivity index (χ3v) is 5.16. The van der Waals surface area contributed by atoms with Crippen LogP contribution in [-0.4, -0.2) is 20.6 Å². The number of rotatable bonds is 3. The molecule has 168 valence electrons. The molecule has 2 aromatic heterocycles. The Labute approximate surface area is 184 Å². The first-order chi connectivity index (χ1) is 15.8. The maximum Gasteiger partial charge on any atom is 0.416 e. The summed E-state index contributed by atoms with van der Waals surface area (Å²) in [7, 11) is 0. The number of anilines is 1. The second-order valence-electron chi connectivity index (χ2n) is 7.37. The van der Waals surface area contributed by atoms with Crippen molar-refractivity contribution in [2.24, 2.45) is 0 Å². The average Bonchev–Trinajstić information content (AvgIpc) is 3.40. The Morgan fingerprint density at radius 2 is 1.94 bits per heavy atom.